The quantitative estimate of drug-likeness (QED) is 0.283. The number of fused-ring (bicyclic) bond motifs is 1. The summed E-state index contributed by atoms with van der Waals surface area (Å²) in [5.41, 5.74) is 4.26. The van der Waals surface area contributed by atoms with E-state index in [2.05, 4.69) is 20.4 Å². The normalized spacial score (nSPS) is 11.9. The van der Waals surface area contributed by atoms with Crippen molar-refractivity contribution in [3.63, 3.8) is 0 Å². The zero-order chi connectivity index (χ0) is 24.8. The van der Waals surface area contributed by atoms with Gasteiger partial charge in [-0.25, -0.2) is 9.50 Å². The fourth-order valence-electron chi connectivity index (χ4n) is 3.90. The first-order chi connectivity index (χ1) is 16.9. The summed E-state index contributed by atoms with van der Waals surface area (Å²) in [4.78, 5) is 34.1. The summed E-state index contributed by atoms with van der Waals surface area (Å²) in [6, 6.07) is 19.5. The maximum atomic E-state index is 12.7. The van der Waals surface area contributed by atoms with Gasteiger partial charge in [0.25, 0.3) is 11.7 Å². The Balaban J connectivity index is 1.39. The second-order valence-electron chi connectivity index (χ2n) is 8.13. The smallest absolute Gasteiger partial charge is 0.310 e. The monoisotopic (exact) mass is 489 g/mol. The number of aromatic nitrogens is 4. The molecule has 0 aliphatic heterocycles. The van der Waals surface area contributed by atoms with Crippen molar-refractivity contribution in [3.8, 4) is 0 Å². The maximum absolute atomic E-state index is 12.7. The number of hydrogen-bond donors (Lipinski definition) is 1. The van der Waals surface area contributed by atoms with Gasteiger partial charge in [0.1, 0.15) is 0 Å². The number of benzene rings is 2. The van der Waals surface area contributed by atoms with Crippen molar-refractivity contribution >= 4 is 29.4 Å². The van der Waals surface area contributed by atoms with Gasteiger partial charge in [-0.15, -0.1) is 5.10 Å². The lowest BCUT2D eigenvalue weighted by Gasteiger charge is -2.19. The van der Waals surface area contributed by atoms with Crippen LogP contribution in [0.3, 0.4) is 0 Å². The Kier molecular flexibility index (Phi) is 7.77. The Morgan fingerprint density at radius 1 is 1.03 bits per heavy atom. The zero-order valence-electron chi connectivity index (χ0n) is 19.9. The van der Waals surface area contributed by atoms with E-state index in [1.54, 1.807) is 4.52 Å². The van der Waals surface area contributed by atoms with Crippen LogP contribution in [0, 0.1) is 13.8 Å². The standard InChI is InChI=1S/C26H27N5O3S/c1-17-21(18(2)31-25(27-17)29-26(30-31)35-3)15-24(33)34-16-23(32)28-22(20-12-8-5-9-13-20)14-19-10-6-4-7-11-19/h4-13,22H,14-16H2,1-3H3,(H,28,32). The number of aryl methyl sites for hydroxylation is 2. The van der Waals surface area contributed by atoms with E-state index in [-0.39, 0.29) is 25.0 Å². The molecule has 0 saturated heterocycles. The summed E-state index contributed by atoms with van der Waals surface area (Å²) < 4.78 is 6.94. The molecule has 2 heterocycles. The van der Waals surface area contributed by atoms with Crippen LogP contribution >= 0.6 is 11.8 Å². The molecule has 1 atom stereocenters. The van der Waals surface area contributed by atoms with Gasteiger partial charge in [0.2, 0.25) is 5.16 Å². The van der Waals surface area contributed by atoms with Gasteiger partial charge >= 0.3 is 5.97 Å². The molecule has 2 aromatic carbocycles. The average Bonchev–Trinajstić information content (AvgIpc) is 3.29. The molecule has 1 amide bonds. The molecule has 0 spiro atoms. The van der Waals surface area contributed by atoms with Gasteiger partial charge in [0.15, 0.2) is 6.61 Å². The summed E-state index contributed by atoms with van der Waals surface area (Å²) in [6.07, 6.45) is 2.52. The van der Waals surface area contributed by atoms with Crippen molar-refractivity contribution in [2.24, 2.45) is 0 Å². The number of rotatable bonds is 9. The molecule has 1 unspecified atom stereocenters. The van der Waals surface area contributed by atoms with Crippen LogP contribution in [-0.2, 0) is 27.2 Å². The highest BCUT2D eigenvalue weighted by atomic mass is 32.2. The third kappa shape index (κ3) is 6.05. The first-order valence-corrected chi connectivity index (χ1v) is 12.5. The van der Waals surface area contributed by atoms with Crippen molar-refractivity contribution in [1.29, 1.82) is 0 Å². The molecule has 0 bridgehead atoms. The topological polar surface area (TPSA) is 98.5 Å². The molecule has 9 heteroatoms. The van der Waals surface area contributed by atoms with Crippen molar-refractivity contribution in [3.05, 3.63) is 88.7 Å². The van der Waals surface area contributed by atoms with E-state index in [1.165, 1.54) is 11.8 Å². The molecule has 4 rings (SSSR count). The van der Waals surface area contributed by atoms with Crippen molar-refractivity contribution in [2.75, 3.05) is 12.9 Å². The van der Waals surface area contributed by atoms with E-state index in [0.717, 1.165) is 16.8 Å². The fourth-order valence-corrected chi connectivity index (χ4v) is 4.23. The largest absolute Gasteiger partial charge is 0.455 e. The Bertz CT molecular complexity index is 1330. The molecule has 35 heavy (non-hydrogen) atoms. The highest BCUT2D eigenvalue weighted by Crippen LogP contribution is 2.19. The van der Waals surface area contributed by atoms with Crippen LogP contribution in [0.4, 0.5) is 0 Å². The summed E-state index contributed by atoms with van der Waals surface area (Å²) in [5.74, 6) is -0.366. The van der Waals surface area contributed by atoms with E-state index >= 15 is 0 Å². The number of thioether (sulfide) groups is 1. The second kappa shape index (κ2) is 11.1. The molecule has 1 N–H and O–H groups in total. The lowest BCUT2D eigenvalue weighted by molar-refractivity contribution is -0.148. The minimum Gasteiger partial charge on any atom is -0.455 e. The summed E-state index contributed by atoms with van der Waals surface area (Å²) >= 11 is 1.42. The van der Waals surface area contributed by atoms with Crippen LogP contribution < -0.4 is 5.32 Å². The minimum absolute atomic E-state index is 0.00548. The number of nitrogens with one attached hydrogen (secondary N) is 1. The lowest BCUT2D eigenvalue weighted by atomic mass is 9.99. The van der Waals surface area contributed by atoms with Crippen LogP contribution in [-0.4, -0.2) is 44.3 Å². The minimum atomic E-state index is -0.503. The molecule has 0 aliphatic carbocycles. The molecular weight excluding hydrogens is 462 g/mol. The van der Waals surface area contributed by atoms with E-state index in [4.69, 9.17) is 4.74 Å². The van der Waals surface area contributed by atoms with Crippen LogP contribution in [0.1, 0.15) is 34.1 Å². The molecule has 0 radical (unpaired) electrons. The SMILES string of the molecule is CSc1nc2nc(C)c(CC(=O)OCC(=O)NC(Cc3ccccc3)c3ccccc3)c(C)n2n1. The first kappa shape index (κ1) is 24.4. The van der Waals surface area contributed by atoms with E-state index in [9.17, 15) is 9.59 Å². The van der Waals surface area contributed by atoms with Crippen LogP contribution in [0.25, 0.3) is 5.78 Å². The van der Waals surface area contributed by atoms with Gasteiger partial charge in [0, 0.05) is 17.0 Å². The molecule has 2 aromatic heterocycles. The lowest BCUT2D eigenvalue weighted by Crippen LogP contribution is -2.33. The number of esters is 1. The number of carbonyl (C=O) groups is 2. The molecule has 0 fully saturated rings. The number of nitrogens with zero attached hydrogens (tertiary/aromatic N) is 4. The predicted molar refractivity (Wildman–Crippen MR) is 134 cm³/mol. The third-order valence-corrected chi connectivity index (χ3v) is 6.26. The molecule has 0 saturated carbocycles. The van der Waals surface area contributed by atoms with Gasteiger partial charge in [-0.05, 0) is 37.7 Å². The van der Waals surface area contributed by atoms with E-state index in [0.29, 0.717) is 28.6 Å². The van der Waals surface area contributed by atoms with E-state index in [1.807, 2.05) is 80.8 Å². The first-order valence-electron chi connectivity index (χ1n) is 11.2. The highest BCUT2D eigenvalue weighted by molar-refractivity contribution is 7.98. The molecule has 0 aliphatic rings. The summed E-state index contributed by atoms with van der Waals surface area (Å²) in [7, 11) is 0. The van der Waals surface area contributed by atoms with E-state index < -0.39 is 5.97 Å². The average molecular weight is 490 g/mol. The number of carbonyl (C=O) groups excluding carboxylic acids is 2. The van der Waals surface area contributed by atoms with Gasteiger partial charge in [-0.3, -0.25) is 9.59 Å². The van der Waals surface area contributed by atoms with Gasteiger partial charge in [-0.2, -0.15) is 4.98 Å². The Morgan fingerprint density at radius 2 is 1.71 bits per heavy atom. The Labute approximate surface area is 208 Å². The number of ether oxygens (including phenoxy) is 1. The summed E-state index contributed by atoms with van der Waals surface area (Å²) in [5, 5.41) is 8.01. The van der Waals surface area contributed by atoms with Crippen molar-refractivity contribution < 1.29 is 14.3 Å². The molecule has 180 valence electrons. The van der Waals surface area contributed by atoms with Gasteiger partial charge < -0.3 is 10.1 Å². The van der Waals surface area contributed by atoms with Crippen LogP contribution in [0.15, 0.2) is 65.8 Å². The molecular formula is C26H27N5O3S. The number of amides is 1. The van der Waals surface area contributed by atoms with Crippen molar-refractivity contribution in [1.82, 2.24) is 24.9 Å². The predicted octanol–water partition coefficient (Wildman–Crippen LogP) is 3.65. The second-order valence-corrected chi connectivity index (χ2v) is 8.90. The van der Waals surface area contributed by atoms with Crippen LogP contribution in [0.5, 0.6) is 0 Å². The van der Waals surface area contributed by atoms with Gasteiger partial charge in [-0.1, -0.05) is 72.4 Å². The van der Waals surface area contributed by atoms with Gasteiger partial charge in [0.05, 0.1) is 12.5 Å². The summed E-state index contributed by atoms with van der Waals surface area (Å²) in [6.45, 7) is 3.33. The maximum Gasteiger partial charge on any atom is 0.310 e. The van der Waals surface area contributed by atoms with Crippen molar-refractivity contribution in [2.45, 2.75) is 37.9 Å². The number of hydrogen-bond acceptors (Lipinski definition) is 7. The van der Waals surface area contributed by atoms with Crippen LogP contribution in [0.2, 0.25) is 0 Å². The third-order valence-electron chi connectivity index (χ3n) is 5.72. The highest BCUT2D eigenvalue weighted by Gasteiger charge is 2.19. The Hall–Kier alpha value is -3.72. The Morgan fingerprint density at radius 3 is 2.40 bits per heavy atom. The fraction of sp³-hybridized carbons (Fsp3) is 0.269. The molecule has 8 nitrogen and oxygen atoms in total. The zero-order valence-corrected chi connectivity index (χ0v) is 20.7. The molecule has 4 aromatic rings.